The molecule has 3 aromatic rings. The lowest BCUT2D eigenvalue weighted by Gasteiger charge is -2.09. The minimum absolute atomic E-state index is 0.00632. The normalized spacial score (nSPS) is 11.5. The second kappa shape index (κ2) is 6.98. The molecule has 0 fully saturated rings. The molecule has 3 aromatic heterocycles. The number of aromatic nitrogens is 4. The van der Waals surface area contributed by atoms with Crippen LogP contribution in [0.25, 0.3) is 5.65 Å². The molecule has 26 heavy (non-hydrogen) atoms. The molecular formula is C16H15F3N6O. The lowest BCUT2D eigenvalue weighted by molar-refractivity contribution is -0.141. The first-order chi connectivity index (χ1) is 12.4. The number of fused-ring (bicyclic) bond motifs is 1. The van der Waals surface area contributed by atoms with Crippen molar-refractivity contribution in [1.82, 2.24) is 24.9 Å². The molecule has 0 aliphatic rings. The second-order valence-electron chi connectivity index (χ2n) is 5.43. The molecule has 0 aliphatic carbocycles. The van der Waals surface area contributed by atoms with E-state index in [9.17, 15) is 18.0 Å². The summed E-state index contributed by atoms with van der Waals surface area (Å²) in [6.07, 6.45) is -0.814. The summed E-state index contributed by atoms with van der Waals surface area (Å²) in [5.41, 5.74) is -0.442. The van der Waals surface area contributed by atoms with Crippen LogP contribution in [0, 0.1) is 0 Å². The molecule has 0 spiro atoms. The highest BCUT2D eigenvalue weighted by Crippen LogP contribution is 2.28. The molecule has 0 aromatic carbocycles. The molecule has 7 nitrogen and oxygen atoms in total. The van der Waals surface area contributed by atoms with Crippen LogP contribution in [0.3, 0.4) is 0 Å². The van der Waals surface area contributed by atoms with Gasteiger partial charge in [0.1, 0.15) is 22.9 Å². The molecule has 2 N–H and O–H groups in total. The zero-order chi connectivity index (χ0) is 18.7. The van der Waals surface area contributed by atoms with Gasteiger partial charge < -0.3 is 10.6 Å². The van der Waals surface area contributed by atoms with Crippen molar-refractivity contribution in [2.75, 3.05) is 11.9 Å². The first kappa shape index (κ1) is 17.6. The average Bonchev–Trinajstić information content (AvgIpc) is 3.02. The molecule has 0 aliphatic heterocycles. The lowest BCUT2D eigenvalue weighted by atomic mass is 10.3. The molecular weight excluding hydrogens is 349 g/mol. The van der Waals surface area contributed by atoms with Gasteiger partial charge in [-0.3, -0.25) is 4.79 Å². The molecule has 3 heterocycles. The predicted octanol–water partition coefficient (Wildman–Crippen LogP) is 3.03. The summed E-state index contributed by atoms with van der Waals surface area (Å²) >= 11 is 0. The van der Waals surface area contributed by atoms with E-state index in [1.165, 1.54) is 28.9 Å². The Balaban J connectivity index is 1.88. The molecule has 0 saturated carbocycles. The molecule has 0 atom stereocenters. The van der Waals surface area contributed by atoms with E-state index in [-0.39, 0.29) is 28.8 Å². The fourth-order valence-electron chi connectivity index (χ4n) is 2.23. The minimum atomic E-state index is -4.54. The van der Waals surface area contributed by atoms with Crippen LogP contribution in [0.2, 0.25) is 0 Å². The maximum atomic E-state index is 12.8. The molecule has 0 radical (unpaired) electrons. The molecule has 0 unspecified atom stereocenters. The minimum Gasteiger partial charge on any atom is -0.352 e. The van der Waals surface area contributed by atoms with E-state index in [0.717, 1.165) is 12.5 Å². The van der Waals surface area contributed by atoms with Crippen LogP contribution in [0.1, 0.15) is 29.4 Å². The summed E-state index contributed by atoms with van der Waals surface area (Å²) in [5.74, 6) is -0.0776. The van der Waals surface area contributed by atoms with Crippen molar-refractivity contribution >= 4 is 23.2 Å². The number of alkyl halides is 3. The Morgan fingerprint density at radius 3 is 2.69 bits per heavy atom. The SMILES string of the molecule is CCCNC(=O)c1cnn2ccc(Nc3cccc(C(F)(F)F)n3)nc12. The van der Waals surface area contributed by atoms with Crippen molar-refractivity contribution in [1.29, 1.82) is 0 Å². The Morgan fingerprint density at radius 2 is 1.96 bits per heavy atom. The van der Waals surface area contributed by atoms with Gasteiger partial charge in [-0.05, 0) is 24.6 Å². The summed E-state index contributed by atoms with van der Waals surface area (Å²) in [4.78, 5) is 19.9. The number of carbonyl (C=O) groups excluding carboxylic acids is 1. The van der Waals surface area contributed by atoms with Crippen LogP contribution in [0.5, 0.6) is 0 Å². The van der Waals surface area contributed by atoms with Crippen LogP contribution in [0.15, 0.2) is 36.7 Å². The monoisotopic (exact) mass is 364 g/mol. The van der Waals surface area contributed by atoms with Gasteiger partial charge in [-0.25, -0.2) is 14.5 Å². The van der Waals surface area contributed by atoms with Crippen LogP contribution >= 0.6 is 0 Å². The molecule has 0 bridgehead atoms. The van der Waals surface area contributed by atoms with Crippen LogP contribution < -0.4 is 10.6 Å². The Labute approximate surface area is 146 Å². The fraction of sp³-hybridized carbons (Fsp3) is 0.250. The number of pyridine rings is 1. The van der Waals surface area contributed by atoms with Gasteiger partial charge in [0.05, 0.1) is 6.20 Å². The van der Waals surface area contributed by atoms with E-state index in [2.05, 4.69) is 25.7 Å². The van der Waals surface area contributed by atoms with Crippen molar-refractivity contribution in [3.05, 3.63) is 47.9 Å². The maximum Gasteiger partial charge on any atom is 0.433 e. The first-order valence-corrected chi connectivity index (χ1v) is 7.82. The Bertz CT molecular complexity index is 937. The van der Waals surface area contributed by atoms with Crippen LogP contribution in [-0.4, -0.2) is 32.0 Å². The van der Waals surface area contributed by atoms with Gasteiger partial charge in [0, 0.05) is 12.7 Å². The maximum absolute atomic E-state index is 12.8. The first-order valence-electron chi connectivity index (χ1n) is 7.82. The van der Waals surface area contributed by atoms with E-state index in [1.807, 2.05) is 6.92 Å². The Hall–Kier alpha value is -3.17. The average molecular weight is 364 g/mol. The third kappa shape index (κ3) is 3.73. The number of halogens is 3. The quantitative estimate of drug-likeness (QED) is 0.727. The number of hydrogen-bond acceptors (Lipinski definition) is 5. The van der Waals surface area contributed by atoms with Gasteiger partial charge in [0.2, 0.25) is 0 Å². The van der Waals surface area contributed by atoms with E-state index in [1.54, 1.807) is 6.20 Å². The smallest absolute Gasteiger partial charge is 0.352 e. The van der Waals surface area contributed by atoms with Crippen LogP contribution in [0.4, 0.5) is 24.8 Å². The van der Waals surface area contributed by atoms with E-state index < -0.39 is 11.9 Å². The highest BCUT2D eigenvalue weighted by molar-refractivity contribution is 5.99. The summed E-state index contributed by atoms with van der Waals surface area (Å²) < 4.78 is 39.7. The number of carbonyl (C=O) groups is 1. The summed E-state index contributed by atoms with van der Waals surface area (Å²) in [5, 5.41) is 9.49. The number of anilines is 2. The highest BCUT2D eigenvalue weighted by Gasteiger charge is 2.32. The summed E-state index contributed by atoms with van der Waals surface area (Å²) in [6.45, 7) is 2.45. The molecule has 0 saturated heterocycles. The van der Waals surface area contributed by atoms with E-state index >= 15 is 0 Å². The lowest BCUT2D eigenvalue weighted by Crippen LogP contribution is -2.24. The van der Waals surface area contributed by atoms with Crippen molar-refractivity contribution in [2.45, 2.75) is 19.5 Å². The fourth-order valence-corrected chi connectivity index (χ4v) is 2.23. The van der Waals surface area contributed by atoms with E-state index in [0.29, 0.717) is 6.54 Å². The van der Waals surface area contributed by atoms with Crippen molar-refractivity contribution in [2.24, 2.45) is 0 Å². The van der Waals surface area contributed by atoms with Gasteiger partial charge in [-0.2, -0.15) is 18.3 Å². The zero-order valence-corrected chi connectivity index (χ0v) is 13.7. The number of nitrogens with one attached hydrogen (secondary N) is 2. The van der Waals surface area contributed by atoms with E-state index in [4.69, 9.17) is 0 Å². The van der Waals surface area contributed by atoms with Gasteiger partial charge >= 0.3 is 6.18 Å². The number of rotatable bonds is 5. The van der Waals surface area contributed by atoms with Gasteiger partial charge in [-0.1, -0.05) is 13.0 Å². The summed E-state index contributed by atoms with van der Waals surface area (Å²) in [6, 6.07) is 5.05. The third-order valence-corrected chi connectivity index (χ3v) is 3.44. The highest BCUT2D eigenvalue weighted by atomic mass is 19.4. The topological polar surface area (TPSA) is 84.2 Å². The van der Waals surface area contributed by atoms with Crippen molar-refractivity contribution < 1.29 is 18.0 Å². The van der Waals surface area contributed by atoms with Gasteiger partial charge in [-0.15, -0.1) is 0 Å². The standard InChI is InChI=1S/C16H15F3N6O/c1-2-7-20-15(26)10-9-21-25-8-6-13(24-14(10)25)23-12-5-3-4-11(22-12)16(17,18)19/h3-6,8-9H,2,7H2,1H3,(H,20,26)(H,22,23,24). The van der Waals surface area contributed by atoms with Crippen molar-refractivity contribution in [3.63, 3.8) is 0 Å². The van der Waals surface area contributed by atoms with Gasteiger partial charge in [0.25, 0.3) is 5.91 Å². The molecule has 3 rings (SSSR count). The number of nitrogens with zero attached hydrogens (tertiary/aromatic N) is 4. The Kier molecular flexibility index (Phi) is 4.74. The Morgan fingerprint density at radius 1 is 1.19 bits per heavy atom. The third-order valence-electron chi connectivity index (χ3n) is 3.44. The predicted molar refractivity (Wildman–Crippen MR) is 88.1 cm³/mol. The number of hydrogen-bond donors (Lipinski definition) is 2. The second-order valence-corrected chi connectivity index (χ2v) is 5.43. The molecule has 10 heteroatoms. The zero-order valence-electron chi connectivity index (χ0n) is 13.7. The van der Waals surface area contributed by atoms with Gasteiger partial charge in [0.15, 0.2) is 5.65 Å². The summed E-state index contributed by atoms with van der Waals surface area (Å²) in [7, 11) is 0. The van der Waals surface area contributed by atoms with Crippen LogP contribution in [-0.2, 0) is 6.18 Å². The largest absolute Gasteiger partial charge is 0.433 e. The number of amides is 1. The molecule has 1 amide bonds. The molecule has 136 valence electrons. The van der Waals surface area contributed by atoms with Crippen molar-refractivity contribution in [3.8, 4) is 0 Å².